The molecule has 2 aromatic heterocycles. The van der Waals surface area contributed by atoms with E-state index in [9.17, 15) is 0 Å². The van der Waals surface area contributed by atoms with Crippen LogP contribution in [0.2, 0.25) is 0 Å². The van der Waals surface area contributed by atoms with Crippen molar-refractivity contribution in [3.63, 3.8) is 0 Å². The fraction of sp³-hybridized carbons (Fsp3) is 0.647. The van der Waals surface area contributed by atoms with Crippen molar-refractivity contribution < 1.29 is 4.52 Å². The predicted molar refractivity (Wildman–Crippen MR) is 89.9 cm³/mol. The molecule has 1 aliphatic heterocycles. The third kappa shape index (κ3) is 3.13. The van der Waals surface area contributed by atoms with Crippen LogP contribution in [-0.2, 0) is 6.54 Å². The molecule has 1 saturated carbocycles. The molecule has 1 saturated heterocycles. The van der Waals surface area contributed by atoms with E-state index in [0.717, 1.165) is 30.4 Å². The Kier molecular flexibility index (Phi) is 3.96. The molecule has 1 aliphatic carbocycles. The molecule has 7 heteroatoms. The van der Waals surface area contributed by atoms with Gasteiger partial charge in [-0.25, -0.2) is 0 Å². The van der Waals surface area contributed by atoms with E-state index >= 15 is 0 Å². The Morgan fingerprint density at radius 2 is 2.04 bits per heavy atom. The highest BCUT2D eigenvalue weighted by molar-refractivity contribution is 5.42. The van der Waals surface area contributed by atoms with Crippen molar-refractivity contribution in [3.05, 3.63) is 29.5 Å². The summed E-state index contributed by atoms with van der Waals surface area (Å²) in [5.74, 6) is 3.40. The number of anilines is 1. The van der Waals surface area contributed by atoms with Crippen molar-refractivity contribution in [2.24, 2.45) is 0 Å². The molecular formula is C17H24N6O. The minimum Gasteiger partial charge on any atom is -0.352 e. The molecule has 0 spiro atoms. The zero-order valence-electron chi connectivity index (χ0n) is 14.5. The van der Waals surface area contributed by atoms with E-state index in [0.29, 0.717) is 30.3 Å². The first-order valence-corrected chi connectivity index (χ1v) is 8.71. The third-order valence-corrected chi connectivity index (χ3v) is 4.86. The summed E-state index contributed by atoms with van der Waals surface area (Å²) < 4.78 is 5.33. The molecule has 0 bridgehead atoms. The lowest BCUT2D eigenvalue weighted by atomic mass is 10.1. The average molecular weight is 328 g/mol. The largest absolute Gasteiger partial charge is 0.352 e. The molecule has 4 rings (SSSR count). The van der Waals surface area contributed by atoms with Gasteiger partial charge >= 0.3 is 0 Å². The van der Waals surface area contributed by atoms with E-state index < -0.39 is 0 Å². The minimum atomic E-state index is 0.296. The number of nitrogens with zero attached hydrogens (tertiary/aromatic N) is 6. The summed E-state index contributed by atoms with van der Waals surface area (Å²) in [4.78, 5) is 8.97. The molecule has 2 fully saturated rings. The molecule has 0 radical (unpaired) electrons. The molecule has 24 heavy (non-hydrogen) atoms. The van der Waals surface area contributed by atoms with Gasteiger partial charge in [0.15, 0.2) is 11.6 Å². The van der Waals surface area contributed by atoms with Gasteiger partial charge in [0, 0.05) is 31.0 Å². The van der Waals surface area contributed by atoms with Gasteiger partial charge in [-0.05, 0) is 32.0 Å². The van der Waals surface area contributed by atoms with Crippen LogP contribution in [0.1, 0.15) is 55.9 Å². The van der Waals surface area contributed by atoms with Gasteiger partial charge in [-0.2, -0.15) is 10.1 Å². The van der Waals surface area contributed by atoms with Crippen LogP contribution in [0.15, 0.2) is 16.7 Å². The van der Waals surface area contributed by atoms with Crippen molar-refractivity contribution in [1.29, 1.82) is 0 Å². The second-order valence-electron chi connectivity index (χ2n) is 7.27. The Morgan fingerprint density at radius 1 is 1.25 bits per heavy atom. The lowest BCUT2D eigenvalue weighted by Gasteiger charge is -2.44. The SMILES string of the molecule is CC(C)c1noc(CN(C)C2CN(c3ccc(C4CC4)nn3)C2)n1. The van der Waals surface area contributed by atoms with E-state index in [1.165, 1.54) is 12.8 Å². The van der Waals surface area contributed by atoms with Gasteiger partial charge in [0.25, 0.3) is 0 Å². The van der Waals surface area contributed by atoms with Gasteiger partial charge < -0.3 is 9.42 Å². The third-order valence-electron chi connectivity index (χ3n) is 4.86. The number of hydrogen-bond donors (Lipinski definition) is 0. The Labute approximate surface area is 142 Å². The quantitative estimate of drug-likeness (QED) is 0.805. The lowest BCUT2D eigenvalue weighted by Crippen LogP contribution is -2.58. The topological polar surface area (TPSA) is 71.2 Å². The maximum atomic E-state index is 5.33. The summed E-state index contributed by atoms with van der Waals surface area (Å²) in [7, 11) is 2.10. The summed E-state index contributed by atoms with van der Waals surface area (Å²) in [5, 5.41) is 12.8. The first kappa shape index (κ1) is 15.5. The number of hydrogen-bond acceptors (Lipinski definition) is 7. The van der Waals surface area contributed by atoms with Gasteiger partial charge in [-0.15, -0.1) is 5.10 Å². The summed E-state index contributed by atoms with van der Waals surface area (Å²) in [5.41, 5.74) is 1.14. The van der Waals surface area contributed by atoms with Crippen LogP contribution in [0.4, 0.5) is 5.82 Å². The van der Waals surface area contributed by atoms with Crippen LogP contribution in [0.3, 0.4) is 0 Å². The molecule has 2 aromatic rings. The molecule has 0 unspecified atom stereocenters. The molecule has 128 valence electrons. The smallest absolute Gasteiger partial charge is 0.240 e. The zero-order valence-corrected chi connectivity index (χ0v) is 14.5. The van der Waals surface area contributed by atoms with Crippen LogP contribution >= 0.6 is 0 Å². The average Bonchev–Trinajstić information content (AvgIpc) is 3.26. The van der Waals surface area contributed by atoms with Crippen LogP contribution in [0, 0.1) is 0 Å². The molecule has 7 nitrogen and oxygen atoms in total. The Balaban J connectivity index is 1.29. The molecule has 0 N–H and O–H groups in total. The zero-order chi connectivity index (χ0) is 16.7. The highest BCUT2D eigenvalue weighted by Gasteiger charge is 2.32. The van der Waals surface area contributed by atoms with Gasteiger partial charge in [0.2, 0.25) is 5.89 Å². The second-order valence-corrected chi connectivity index (χ2v) is 7.27. The predicted octanol–water partition coefficient (Wildman–Crippen LogP) is 2.18. The maximum Gasteiger partial charge on any atom is 0.240 e. The molecular weight excluding hydrogens is 304 g/mol. The molecule has 0 aromatic carbocycles. The van der Waals surface area contributed by atoms with Gasteiger partial charge in [0.1, 0.15) is 0 Å². The van der Waals surface area contributed by atoms with Crippen LogP contribution < -0.4 is 4.90 Å². The molecule has 0 amide bonds. The second kappa shape index (κ2) is 6.12. The highest BCUT2D eigenvalue weighted by atomic mass is 16.5. The maximum absolute atomic E-state index is 5.33. The summed E-state index contributed by atoms with van der Waals surface area (Å²) in [6.45, 7) is 6.73. The van der Waals surface area contributed by atoms with Gasteiger partial charge in [-0.1, -0.05) is 19.0 Å². The molecule has 2 aliphatic rings. The van der Waals surface area contributed by atoms with Gasteiger partial charge in [-0.3, -0.25) is 4.90 Å². The lowest BCUT2D eigenvalue weighted by molar-refractivity contribution is 0.174. The fourth-order valence-corrected chi connectivity index (χ4v) is 2.93. The minimum absolute atomic E-state index is 0.296. The van der Waals surface area contributed by atoms with E-state index in [-0.39, 0.29) is 0 Å². The number of likely N-dealkylation sites (N-methyl/N-ethyl adjacent to an activating group) is 1. The Bertz CT molecular complexity index is 687. The van der Waals surface area contributed by atoms with Crippen molar-refractivity contribution in [2.45, 2.75) is 51.1 Å². The molecule has 3 heterocycles. The first-order chi connectivity index (χ1) is 11.6. The van der Waals surface area contributed by atoms with Crippen molar-refractivity contribution in [1.82, 2.24) is 25.2 Å². The summed E-state index contributed by atoms with van der Waals surface area (Å²) in [6, 6.07) is 4.71. The van der Waals surface area contributed by atoms with E-state index in [1.807, 2.05) is 0 Å². The Hall–Kier alpha value is -2.02. The number of aromatic nitrogens is 4. The monoisotopic (exact) mass is 328 g/mol. The van der Waals surface area contributed by atoms with Crippen molar-refractivity contribution >= 4 is 5.82 Å². The van der Waals surface area contributed by atoms with Crippen molar-refractivity contribution in [2.75, 3.05) is 25.0 Å². The fourth-order valence-electron chi connectivity index (χ4n) is 2.93. The normalized spacial score (nSPS) is 18.5. The van der Waals surface area contributed by atoms with Gasteiger partial charge in [0.05, 0.1) is 12.2 Å². The van der Waals surface area contributed by atoms with Crippen LogP contribution in [0.25, 0.3) is 0 Å². The van der Waals surface area contributed by atoms with Crippen LogP contribution in [-0.4, -0.2) is 51.4 Å². The Morgan fingerprint density at radius 3 is 2.62 bits per heavy atom. The first-order valence-electron chi connectivity index (χ1n) is 8.71. The number of rotatable bonds is 6. The van der Waals surface area contributed by atoms with E-state index in [2.05, 4.69) is 63.2 Å². The standard InChI is InChI=1S/C17H24N6O/c1-11(2)17-18-16(24-21-17)10-22(3)13-8-23(9-13)15-7-6-14(19-20-15)12-4-5-12/h6-7,11-13H,4-5,8-10H2,1-3H3. The van der Waals surface area contributed by atoms with Crippen molar-refractivity contribution in [3.8, 4) is 0 Å². The highest BCUT2D eigenvalue weighted by Crippen LogP contribution is 2.38. The summed E-state index contributed by atoms with van der Waals surface area (Å²) >= 11 is 0. The van der Waals surface area contributed by atoms with E-state index in [4.69, 9.17) is 4.52 Å². The molecule has 0 atom stereocenters. The van der Waals surface area contributed by atoms with E-state index in [1.54, 1.807) is 0 Å². The van der Waals surface area contributed by atoms with Crippen LogP contribution in [0.5, 0.6) is 0 Å². The summed E-state index contributed by atoms with van der Waals surface area (Å²) in [6.07, 6.45) is 2.53.